The van der Waals surface area contributed by atoms with E-state index in [0.29, 0.717) is 6.04 Å². The Labute approximate surface area is 126 Å². The number of hydrogen-bond donors (Lipinski definition) is 1. The normalized spacial score (nSPS) is 12.4. The molecule has 106 valence electrons. The van der Waals surface area contributed by atoms with Gasteiger partial charge in [0.1, 0.15) is 0 Å². The topological polar surface area (TPSA) is 12.0 Å². The van der Waals surface area contributed by atoms with Crippen molar-refractivity contribution in [3.63, 3.8) is 0 Å². The third-order valence-electron chi connectivity index (χ3n) is 3.75. The van der Waals surface area contributed by atoms with E-state index in [1.165, 1.54) is 26.5 Å². The molecule has 0 saturated heterocycles. The molecule has 2 rings (SSSR count). The fraction of sp³-hybridized carbons (Fsp3) is 0.333. The number of aryl methyl sites for hydroxylation is 2. The van der Waals surface area contributed by atoms with Gasteiger partial charge in [-0.2, -0.15) is 0 Å². The predicted octanol–water partition coefficient (Wildman–Crippen LogP) is 5.13. The van der Waals surface area contributed by atoms with Crippen LogP contribution in [-0.2, 0) is 0 Å². The van der Waals surface area contributed by atoms with E-state index in [4.69, 9.17) is 0 Å². The summed E-state index contributed by atoms with van der Waals surface area (Å²) in [6.07, 6.45) is 1.11. The fourth-order valence-electron chi connectivity index (χ4n) is 2.29. The lowest BCUT2D eigenvalue weighted by Crippen LogP contribution is -2.14. The lowest BCUT2D eigenvalue weighted by Gasteiger charge is -2.14. The minimum atomic E-state index is 0.454. The van der Waals surface area contributed by atoms with E-state index < -0.39 is 0 Å². The lowest BCUT2D eigenvalue weighted by atomic mass is 10.1. The lowest BCUT2D eigenvalue weighted by molar-refractivity contribution is 0.576. The molecule has 0 amide bonds. The Balaban J connectivity index is 2.12. The molecule has 2 aromatic carbocycles. The maximum absolute atomic E-state index is 3.34. The molecular formula is C18H23NS. The third-order valence-corrected chi connectivity index (χ3v) is 4.75. The number of rotatable bonds is 5. The van der Waals surface area contributed by atoms with Crippen LogP contribution in [0.3, 0.4) is 0 Å². The van der Waals surface area contributed by atoms with Crippen LogP contribution in [0.1, 0.15) is 36.1 Å². The van der Waals surface area contributed by atoms with Crippen molar-refractivity contribution in [3.05, 3.63) is 59.2 Å². The van der Waals surface area contributed by atoms with Gasteiger partial charge in [0.2, 0.25) is 0 Å². The first kappa shape index (κ1) is 15.1. The molecule has 2 heteroatoms. The van der Waals surface area contributed by atoms with Crippen molar-refractivity contribution < 1.29 is 0 Å². The molecule has 2 aromatic rings. The van der Waals surface area contributed by atoms with Crippen LogP contribution >= 0.6 is 11.8 Å². The van der Waals surface area contributed by atoms with Crippen LogP contribution in [0.5, 0.6) is 0 Å². The Morgan fingerprint density at radius 1 is 0.950 bits per heavy atom. The molecule has 0 aliphatic heterocycles. The van der Waals surface area contributed by atoms with Crippen LogP contribution in [0, 0.1) is 13.8 Å². The summed E-state index contributed by atoms with van der Waals surface area (Å²) < 4.78 is 0. The van der Waals surface area contributed by atoms with Gasteiger partial charge in [0.05, 0.1) is 0 Å². The standard InChI is InChI=1S/C18H23NS/c1-5-18(19-4)15-7-10-16(11-8-15)20-17-9-6-13(2)14(3)12-17/h6-12,18-19H,5H2,1-4H3. The Hall–Kier alpha value is -1.25. The molecule has 1 nitrogen and oxygen atoms in total. The van der Waals surface area contributed by atoms with Crippen LogP contribution < -0.4 is 5.32 Å². The number of hydrogen-bond acceptors (Lipinski definition) is 2. The largest absolute Gasteiger partial charge is 0.313 e. The van der Waals surface area contributed by atoms with Gasteiger partial charge >= 0.3 is 0 Å². The van der Waals surface area contributed by atoms with Crippen LogP contribution in [0.25, 0.3) is 0 Å². The van der Waals surface area contributed by atoms with Crippen molar-refractivity contribution in [2.75, 3.05) is 7.05 Å². The van der Waals surface area contributed by atoms with E-state index in [1.807, 2.05) is 18.8 Å². The average Bonchev–Trinajstić information content (AvgIpc) is 2.46. The predicted molar refractivity (Wildman–Crippen MR) is 88.6 cm³/mol. The zero-order chi connectivity index (χ0) is 14.5. The zero-order valence-electron chi connectivity index (χ0n) is 12.7. The van der Waals surface area contributed by atoms with E-state index in [-0.39, 0.29) is 0 Å². The molecule has 0 aliphatic carbocycles. The highest BCUT2D eigenvalue weighted by atomic mass is 32.2. The van der Waals surface area contributed by atoms with Crippen molar-refractivity contribution >= 4 is 11.8 Å². The molecule has 1 unspecified atom stereocenters. The highest BCUT2D eigenvalue weighted by molar-refractivity contribution is 7.99. The third kappa shape index (κ3) is 3.65. The summed E-state index contributed by atoms with van der Waals surface area (Å²) in [4.78, 5) is 2.60. The molecule has 1 atom stereocenters. The smallest absolute Gasteiger partial charge is 0.0314 e. The average molecular weight is 285 g/mol. The van der Waals surface area contributed by atoms with Gasteiger partial charge in [0.25, 0.3) is 0 Å². The summed E-state index contributed by atoms with van der Waals surface area (Å²) in [5, 5.41) is 3.34. The molecule has 0 spiro atoms. The van der Waals surface area contributed by atoms with Crippen LogP contribution in [0.4, 0.5) is 0 Å². The van der Waals surface area contributed by atoms with E-state index >= 15 is 0 Å². The molecular weight excluding hydrogens is 262 g/mol. The molecule has 20 heavy (non-hydrogen) atoms. The second kappa shape index (κ2) is 6.96. The Morgan fingerprint density at radius 3 is 2.15 bits per heavy atom. The van der Waals surface area contributed by atoms with Gasteiger partial charge in [0.15, 0.2) is 0 Å². The van der Waals surface area contributed by atoms with E-state index in [2.05, 4.69) is 68.6 Å². The fourth-order valence-corrected chi connectivity index (χ4v) is 3.20. The SMILES string of the molecule is CCC(NC)c1ccc(Sc2ccc(C)c(C)c2)cc1. The Morgan fingerprint density at radius 2 is 1.60 bits per heavy atom. The summed E-state index contributed by atoms with van der Waals surface area (Å²) in [6.45, 7) is 6.53. The van der Waals surface area contributed by atoms with Crippen molar-refractivity contribution in [2.45, 2.75) is 43.0 Å². The van der Waals surface area contributed by atoms with Gasteiger partial charge in [-0.3, -0.25) is 0 Å². The van der Waals surface area contributed by atoms with Gasteiger partial charge < -0.3 is 5.32 Å². The number of benzene rings is 2. The van der Waals surface area contributed by atoms with Gasteiger partial charge in [-0.05, 0) is 68.3 Å². The van der Waals surface area contributed by atoms with E-state index in [1.54, 1.807) is 0 Å². The Bertz CT molecular complexity index is 556. The van der Waals surface area contributed by atoms with Crippen molar-refractivity contribution in [2.24, 2.45) is 0 Å². The van der Waals surface area contributed by atoms with Crippen LogP contribution in [0.15, 0.2) is 52.3 Å². The molecule has 0 aliphatic rings. The van der Waals surface area contributed by atoms with E-state index in [0.717, 1.165) is 6.42 Å². The molecule has 0 heterocycles. The molecule has 0 aromatic heterocycles. The van der Waals surface area contributed by atoms with Crippen LogP contribution in [-0.4, -0.2) is 7.05 Å². The van der Waals surface area contributed by atoms with Crippen LogP contribution in [0.2, 0.25) is 0 Å². The summed E-state index contributed by atoms with van der Waals surface area (Å²) in [5.41, 5.74) is 4.07. The maximum Gasteiger partial charge on any atom is 0.0314 e. The second-order valence-corrected chi connectivity index (χ2v) is 6.31. The molecule has 1 N–H and O–H groups in total. The van der Waals surface area contributed by atoms with Gasteiger partial charge in [0, 0.05) is 15.8 Å². The molecule has 0 radical (unpaired) electrons. The molecule has 0 saturated carbocycles. The van der Waals surface area contributed by atoms with Gasteiger partial charge in [-0.1, -0.05) is 36.9 Å². The Kier molecular flexibility index (Phi) is 5.27. The van der Waals surface area contributed by atoms with Gasteiger partial charge in [-0.25, -0.2) is 0 Å². The van der Waals surface area contributed by atoms with Crippen molar-refractivity contribution in [1.29, 1.82) is 0 Å². The summed E-state index contributed by atoms with van der Waals surface area (Å²) >= 11 is 1.83. The first-order valence-electron chi connectivity index (χ1n) is 7.16. The quantitative estimate of drug-likeness (QED) is 0.817. The first-order chi connectivity index (χ1) is 9.63. The van der Waals surface area contributed by atoms with Crippen molar-refractivity contribution in [3.8, 4) is 0 Å². The van der Waals surface area contributed by atoms with E-state index in [9.17, 15) is 0 Å². The minimum Gasteiger partial charge on any atom is -0.313 e. The minimum absolute atomic E-state index is 0.454. The number of nitrogens with one attached hydrogen (secondary N) is 1. The first-order valence-corrected chi connectivity index (χ1v) is 7.98. The second-order valence-electron chi connectivity index (χ2n) is 5.17. The molecule has 0 fully saturated rings. The highest BCUT2D eigenvalue weighted by Crippen LogP contribution is 2.30. The summed E-state index contributed by atoms with van der Waals surface area (Å²) in [7, 11) is 2.02. The summed E-state index contributed by atoms with van der Waals surface area (Å²) in [6, 6.07) is 16.0. The molecule has 0 bridgehead atoms. The van der Waals surface area contributed by atoms with Gasteiger partial charge in [-0.15, -0.1) is 0 Å². The highest BCUT2D eigenvalue weighted by Gasteiger charge is 2.06. The maximum atomic E-state index is 3.34. The van der Waals surface area contributed by atoms with Crippen molar-refractivity contribution in [1.82, 2.24) is 5.32 Å². The summed E-state index contributed by atoms with van der Waals surface area (Å²) in [5.74, 6) is 0. The monoisotopic (exact) mass is 285 g/mol. The zero-order valence-corrected chi connectivity index (χ0v) is 13.6.